The number of carboxylic acids is 2. The number of carboxylic acid groups (broad SMARTS) is 2. The third-order valence-corrected chi connectivity index (χ3v) is 11.7. The molecular formula is C29H46N7O22P3S. The Balaban J connectivity index is 0.00000173. The highest BCUT2D eigenvalue weighted by Crippen LogP contribution is 2.61. The van der Waals surface area contributed by atoms with Crippen molar-refractivity contribution in [1.82, 2.24) is 30.2 Å². The molecule has 29 nitrogen and oxygen atoms in total. The van der Waals surface area contributed by atoms with Crippen LogP contribution in [0.15, 0.2) is 12.7 Å². The number of rotatable bonds is 24. The summed E-state index contributed by atoms with van der Waals surface area (Å²) >= 11 is 0.849. The standard InChI is InChI=1S/C25H40N7O19P3S.C4H6O3/c1-25(2,20(38)23(39)28-6-5-14(33)27-7-8-55-16(36)4-3-15(34)35)10-48-54(45,46)51-53(43,44)47-9-13-19(50-52(40,41)42)18(37)24(49-13)32-12-31-17-21(26)29-11-30-22(17)32;1-3(5)2-4(6)7/h11-13,18-20,24,37-38H,3-10H2,1-2H3,(H,27,33)(H,28,39)(H,34,35)(H,43,44)(H,45,46)(H2,26,29,30)(H2,40,41,42);2H2,1H3,(H,6,7)/t13-,18-,19-,20?,24-;/m1./s1. The van der Waals surface area contributed by atoms with Crippen LogP contribution < -0.4 is 16.4 Å². The molecule has 7 atom stereocenters. The number of hydrogen-bond donors (Lipinski definition) is 11. The SMILES string of the molecule is CC(=O)CC(=O)O.CC(C)(COP(=O)(O)OP(=O)(O)OC[C@H]1O[C@@H](n2cnc3c(N)ncnc32)[C@H](O)[C@@H]1OP(=O)(O)O)C(O)C(=O)NCCC(=O)NCCSC(=O)CCC(=O)O. The van der Waals surface area contributed by atoms with Crippen LogP contribution in [0.3, 0.4) is 0 Å². The van der Waals surface area contributed by atoms with Gasteiger partial charge in [0.2, 0.25) is 11.8 Å². The maximum absolute atomic E-state index is 12.6. The highest BCUT2D eigenvalue weighted by molar-refractivity contribution is 8.13. The van der Waals surface area contributed by atoms with Gasteiger partial charge in [0.15, 0.2) is 22.8 Å². The number of carbonyl (C=O) groups is 6. The molecule has 0 spiro atoms. The van der Waals surface area contributed by atoms with E-state index in [1.165, 1.54) is 20.8 Å². The number of aliphatic carboxylic acids is 2. The maximum atomic E-state index is 12.6. The summed E-state index contributed by atoms with van der Waals surface area (Å²) < 4.78 is 61.9. The number of ether oxygens (including phenoxy) is 1. The van der Waals surface area contributed by atoms with E-state index in [9.17, 15) is 72.2 Å². The Labute approximate surface area is 354 Å². The number of aromatic nitrogens is 4. The number of carbonyl (C=O) groups excluding carboxylic acids is 4. The molecule has 3 heterocycles. The van der Waals surface area contributed by atoms with Gasteiger partial charge in [-0.05, 0) is 6.92 Å². The maximum Gasteiger partial charge on any atom is 0.481 e. The molecule has 0 aliphatic carbocycles. The number of nitrogens with two attached hydrogens (primary N) is 1. The quantitative estimate of drug-likeness (QED) is 0.0327. The number of nitrogen functional groups attached to an aromatic ring is 1. The fraction of sp³-hybridized carbons (Fsp3) is 0.621. The van der Waals surface area contributed by atoms with Crippen molar-refractivity contribution < 1.29 is 105 Å². The van der Waals surface area contributed by atoms with Gasteiger partial charge in [-0.2, -0.15) is 4.31 Å². The fourth-order valence-corrected chi connectivity index (χ4v) is 8.30. The largest absolute Gasteiger partial charge is 0.481 e. The highest BCUT2D eigenvalue weighted by Gasteiger charge is 2.50. The lowest BCUT2D eigenvalue weighted by molar-refractivity contribution is -0.140. The zero-order valence-corrected chi connectivity index (χ0v) is 36.3. The number of phosphoric acid groups is 3. The Morgan fingerprint density at radius 2 is 1.60 bits per heavy atom. The van der Waals surface area contributed by atoms with E-state index in [1.54, 1.807) is 0 Å². The first-order valence-corrected chi connectivity index (χ1v) is 23.0. The van der Waals surface area contributed by atoms with E-state index < -0.39 is 96.5 Å². The Kier molecular flexibility index (Phi) is 20.8. The highest BCUT2D eigenvalue weighted by atomic mass is 32.2. The summed E-state index contributed by atoms with van der Waals surface area (Å²) in [4.78, 5) is 117. The zero-order valence-electron chi connectivity index (χ0n) is 32.8. The second kappa shape index (κ2) is 23.7. The van der Waals surface area contributed by atoms with Gasteiger partial charge >= 0.3 is 35.4 Å². The third-order valence-electron chi connectivity index (χ3n) is 7.71. The Bertz CT molecular complexity index is 2060. The number of aliphatic hydroxyl groups excluding tert-OH is 2. The normalized spacial score (nSPS) is 20.2. The molecule has 1 aliphatic rings. The fourth-order valence-electron chi connectivity index (χ4n) is 4.79. The number of amides is 2. The lowest BCUT2D eigenvalue weighted by Crippen LogP contribution is -2.46. The van der Waals surface area contributed by atoms with Crippen LogP contribution in [0, 0.1) is 5.41 Å². The molecule has 350 valence electrons. The summed E-state index contributed by atoms with van der Waals surface area (Å²) in [6, 6.07) is 0. The number of ketones is 1. The summed E-state index contributed by atoms with van der Waals surface area (Å²) in [6.07, 6.45) is -7.91. The molecule has 3 unspecified atom stereocenters. The topological polar surface area (TPSA) is 455 Å². The van der Waals surface area contributed by atoms with Crippen LogP contribution in [0.5, 0.6) is 0 Å². The molecule has 2 aromatic heterocycles. The van der Waals surface area contributed by atoms with E-state index >= 15 is 0 Å². The number of thioether (sulfide) groups is 1. The number of nitrogens with zero attached hydrogens (tertiary/aromatic N) is 4. The van der Waals surface area contributed by atoms with Gasteiger partial charge in [-0.15, -0.1) is 0 Å². The number of hydrogen-bond acceptors (Lipinski definition) is 21. The molecule has 2 amide bonds. The number of anilines is 1. The van der Waals surface area contributed by atoms with Crippen molar-refractivity contribution in [3.05, 3.63) is 12.7 Å². The van der Waals surface area contributed by atoms with Crippen LogP contribution >= 0.6 is 35.2 Å². The van der Waals surface area contributed by atoms with E-state index in [0.717, 1.165) is 29.0 Å². The Morgan fingerprint density at radius 1 is 0.952 bits per heavy atom. The van der Waals surface area contributed by atoms with Crippen LogP contribution in [-0.4, -0.2) is 151 Å². The van der Waals surface area contributed by atoms with Gasteiger partial charge in [0.05, 0.1) is 26.0 Å². The minimum atomic E-state index is -5.59. The first-order valence-electron chi connectivity index (χ1n) is 17.5. The summed E-state index contributed by atoms with van der Waals surface area (Å²) in [5.41, 5.74) is 4.20. The summed E-state index contributed by atoms with van der Waals surface area (Å²) in [5, 5.41) is 42.2. The average molecular weight is 970 g/mol. The second-order valence-corrected chi connectivity index (χ2v) is 18.8. The van der Waals surface area contributed by atoms with Crippen molar-refractivity contribution >= 4 is 86.9 Å². The summed E-state index contributed by atoms with van der Waals surface area (Å²) in [7, 11) is -16.4. The van der Waals surface area contributed by atoms with Gasteiger partial charge < -0.3 is 61.1 Å². The number of fused-ring (bicyclic) bond motifs is 1. The predicted octanol–water partition coefficient (Wildman–Crippen LogP) is -1.42. The summed E-state index contributed by atoms with van der Waals surface area (Å²) in [6.45, 7) is 1.46. The molecule has 0 saturated carbocycles. The molecule has 1 saturated heterocycles. The van der Waals surface area contributed by atoms with Crippen LogP contribution in [0.4, 0.5) is 5.82 Å². The number of phosphoric ester groups is 3. The van der Waals surface area contributed by atoms with E-state index in [4.69, 9.17) is 29.7 Å². The van der Waals surface area contributed by atoms with Crippen LogP contribution in [0.2, 0.25) is 0 Å². The first-order chi connectivity index (χ1) is 28.5. The Morgan fingerprint density at radius 3 is 2.18 bits per heavy atom. The molecule has 1 fully saturated rings. The van der Waals surface area contributed by atoms with Crippen molar-refractivity contribution in [2.24, 2.45) is 5.41 Å². The zero-order chi connectivity index (χ0) is 47.2. The number of Topliss-reactive ketones (excluding diaryl/α,β-unsaturated/α-hetero) is 1. The molecule has 0 bridgehead atoms. The van der Waals surface area contributed by atoms with Crippen molar-refractivity contribution in [3.8, 4) is 0 Å². The monoisotopic (exact) mass is 969 g/mol. The van der Waals surface area contributed by atoms with Crippen LogP contribution in [0.25, 0.3) is 11.2 Å². The van der Waals surface area contributed by atoms with Crippen molar-refractivity contribution in [2.45, 2.75) is 77.1 Å². The van der Waals surface area contributed by atoms with Crippen molar-refractivity contribution in [1.29, 1.82) is 0 Å². The average Bonchev–Trinajstić information content (AvgIpc) is 3.70. The van der Waals surface area contributed by atoms with Crippen molar-refractivity contribution in [2.75, 3.05) is 37.8 Å². The van der Waals surface area contributed by atoms with Gasteiger partial charge in [0, 0.05) is 37.1 Å². The van der Waals surface area contributed by atoms with E-state index in [-0.39, 0.29) is 72.4 Å². The molecular weight excluding hydrogens is 923 g/mol. The van der Waals surface area contributed by atoms with Gasteiger partial charge in [-0.1, -0.05) is 25.6 Å². The van der Waals surface area contributed by atoms with E-state index in [1.807, 2.05) is 0 Å². The van der Waals surface area contributed by atoms with Gasteiger partial charge in [-0.25, -0.2) is 28.6 Å². The molecule has 2 aromatic rings. The molecule has 0 radical (unpaired) electrons. The van der Waals surface area contributed by atoms with E-state index in [2.05, 4.69) is 34.4 Å². The minimum absolute atomic E-state index is 0.0197. The molecule has 0 aromatic carbocycles. The Hall–Kier alpha value is -3.83. The third kappa shape index (κ3) is 18.9. The molecule has 1 aliphatic heterocycles. The molecule has 33 heteroatoms. The van der Waals surface area contributed by atoms with Crippen LogP contribution in [0.1, 0.15) is 52.7 Å². The minimum Gasteiger partial charge on any atom is -0.481 e. The predicted molar refractivity (Wildman–Crippen MR) is 207 cm³/mol. The molecule has 12 N–H and O–H groups in total. The molecule has 62 heavy (non-hydrogen) atoms. The lowest BCUT2D eigenvalue weighted by Gasteiger charge is -2.30. The smallest absolute Gasteiger partial charge is 0.481 e. The second-order valence-electron chi connectivity index (χ2n) is 13.5. The number of nitrogens with one attached hydrogen (secondary N) is 2. The van der Waals surface area contributed by atoms with Gasteiger partial charge in [-0.3, -0.25) is 46.9 Å². The number of imidazole rings is 1. The first kappa shape index (κ1) is 54.3. The van der Waals surface area contributed by atoms with Crippen molar-refractivity contribution in [3.63, 3.8) is 0 Å². The van der Waals surface area contributed by atoms with Gasteiger partial charge in [0.1, 0.15) is 48.5 Å². The number of aliphatic hydroxyl groups is 2. The molecule has 3 rings (SSSR count). The van der Waals surface area contributed by atoms with Crippen LogP contribution in [-0.2, 0) is 65.1 Å². The van der Waals surface area contributed by atoms with Gasteiger partial charge in [0.25, 0.3) is 0 Å². The lowest BCUT2D eigenvalue weighted by atomic mass is 9.87. The summed E-state index contributed by atoms with van der Waals surface area (Å²) in [5.74, 6) is -3.89. The van der Waals surface area contributed by atoms with E-state index in [0.29, 0.717) is 0 Å².